The van der Waals surface area contributed by atoms with Crippen LogP contribution in [0.25, 0.3) is 0 Å². The highest BCUT2D eigenvalue weighted by atomic mass is 35.5. The third kappa shape index (κ3) is 7.34. The standard InChI is InChI=1S/C26H36ClN5O2S/c1-7-17(2)28-23(33)16-35-25-29-21(27)14-22(30-25)31-12-13-32(18(3)15-31)24(34)19-8-10-20(11-9-19)26(4,5)6/h8-11,14,17-18H,7,12-13,15-16H2,1-6H3,(H,28,33). The van der Waals surface area contributed by atoms with Gasteiger partial charge in [-0.15, -0.1) is 0 Å². The van der Waals surface area contributed by atoms with Gasteiger partial charge in [-0.25, -0.2) is 9.97 Å². The summed E-state index contributed by atoms with van der Waals surface area (Å²) in [6.07, 6.45) is 0.878. The van der Waals surface area contributed by atoms with E-state index < -0.39 is 0 Å². The van der Waals surface area contributed by atoms with Crippen LogP contribution in [0.5, 0.6) is 0 Å². The van der Waals surface area contributed by atoms with E-state index in [1.54, 1.807) is 6.07 Å². The first kappa shape index (κ1) is 27.3. The zero-order valence-corrected chi connectivity index (χ0v) is 23.0. The van der Waals surface area contributed by atoms with Crippen LogP contribution in [0, 0.1) is 0 Å². The molecule has 1 aliphatic rings. The Labute approximate surface area is 218 Å². The summed E-state index contributed by atoms with van der Waals surface area (Å²) < 4.78 is 0. The SMILES string of the molecule is CCC(C)NC(=O)CSc1nc(Cl)cc(N2CCN(C(=O)c3ccc(C(C)(C)C)cc3)C(C)C2)n1. The Balaban J connectivity index is 1.63. The number of thioether (sulfide) groups is 1. The molecule has 2 amide bonds. The van der Waals surface area contributed by atoms with E-state index in [1.165, 1.54) is 17.3 Å². The molecule has 1 aliphatic heterocycles. The van der Waals surface area contributed by atoms with Crippen molar-refractivity contribution in [1.29, 1.82) is 0 Å². The van der Waals surface area contributed by atoms with Crippen LogP contribution >= 0.6 is 23.4 Å². The largest absolute Gasteiger partial charge is 0.353 e. The number of nitrogens with one attached hydrogen (secondary N) is 1. The number of hydrogen-bond donors (Lipinski definition) is 1. The molecule has 1 saturated heterocycles. The van der Waals surface area contributed by atoms with Gasteiger partial charge in [0.15, 0.2) is 5.16 Å². The number of hydrogen-bond acceptors (Lipinski definition) is 6. The minimum Gasteiger partial charge on any atom is -0.353 e. The summed E-state index contributed by atoms with van der Waals surface area (Å²) in [5, 5.41) is 3.75. The molecule has 2 atom stereocenters. The third-order valence-electron chi connectivity index (χ3n) is 6.22. The molecule has 0 bridgehead atoms. The van der Waals surface area contributed by atoms with Gasteiger partial charge in [0, 0.05) is 43.3 Å². The van der Waals surface area contributed by atoms with Gasteiger partial charge in [-0.05, 0) is 43.4 Å². The third-order valence-corrected chi connectivity index (χ3v) is 7.26. The molecule has 2 heterocycles. The number of amides is 2. The van der Waals surface area contributed by atoms with Crippen LogP contribution in [-0.4, -0.2) is 64.2 Å². The van der Waals surface area contributed by atoms with E-state index in [9.17, 15) is 9.59 Å². The molecule has 1 N–H and O–H groups in total. The summed E-state index contributed by atoms with van der Waals surface area (Å²) in [5.41, 5.74) is 1.96. The Hall–Kier alpha value is -2.32. The zero-order valence-electron chi connectivity index (χ0n) is 21.5. The first-order valence-electron chi connectivity index (χ1n) is 12.1. The summed E-state index contributed by atoms with van der Waals surface area (Å²) in [7, 11) is 0. The number of piperazine rings is 1. The number of aromatic nitrogens is 2. The molecule has 0 radical (unpaired) electrons. The van der Waals surface area contributed by atoms with Crippen LogP contribution in [0.1, 0.15) is 63.9 Å². The molecule has 1 fully saturated rings. The average molecular weight is 518 g/mol. The number of rotatable bonds is 7. The van der Waals surface area contributed by atoms with Crippen molar-refractivity contribution >= 4 is 41.0 Å². The molecule has 35 heavy (non-hydrogen) atoms. The van der Waals surface area contributed by atoms with Gasteiger partial charge in [-0.2, -0.15) is 0 Å². The fourth-order valence-electron chi connectivity index (χ4n) is 3.91. The molecule has 7 nitrogen and oxygen atoms in total. The van der Waals surface area contributed by atoms with Crippen molar-refractivity contribution in [3.63, 3.8) is 0 Å². The van der Waals surface area contributed by atoms with Crippen LogP contribution in [0.4, 0.5) is 5.82 Å². The molecule has 190 valence electrons. The Kier molecular flexibility index (Phi) is 9.05. The Morgan fingerprint density at radius 1 is 1.20 bits per heavy atom. The molecule has 1 aromatic heterocycles. The minimum atomic E-state index is -0.0502. The van der Waals surface area contributed by atoms with E-state index >= 15 is 0 Å². The topological polar surface area (TPSA) is 78.4 Å². The van der Waals surface area contributed by atoms with E-state index in [4.69, 9.17) is 11.6 Å². The van der Waals surface area contributed by atoms with E-state index in [-0.39, 0.29) is 35.1 Å². The van der Waals surface area contributed by atoms with Gasteiger partial charge in [0.2, 0.25) is 5.91 Å². The summed E-state index contributed by atoms with van der Waals surface area (Å²) >= 11 is 7.55. The number of halogens is 1. The first-order chi connectivity index (χ1) is 16.5. The van der Waals surface area contributed by atoms with E-state index in [0.29, 0.717) is 41.3 Å². The summed E-state index contributed by atoms with van der Waals surface area (Å²) in [4.78, 5) is 38.2. The highest BCUT2D eigenvalue weighted by Crippen LogP contribution is 2.26. The van der Waals surface area contributed by atoms with Crippen LogP contribution in [0.15, 0.2) is 35.5 Å². The predicted octanol–water partition coefficient (Wildman–Crippen LogP) is 4.79. The fourth-order valence-corrected chi connectivity index (χ4v) is 4.80. The van der Waals surface area contributed by atoms with Crippen molar-refractivity contribution in [3.8, 4) is 0 Å². The van der Waals surface area contributed by atoms with Gasteiger partial charge < -0.3 is 15.1 Å². The molecule has 0 aliphatic carbocycles. The van der Waals surface area contributed by atoms with Crippen molar-refractivity contribution in [2.45, 2.75) is 70.6 Å². The monoisotopic (exact) mass is 517 g/mol. The lowest BCUT2D eigenvalue weighted by Crippen LogP contribution is -2.54. The molecule has 3 rings (SSSR count). The maximum atomic E-state index is 13.2. The van der Waals surface area contributed by atoms with Gasteiger partial charge in [0.25, 0.3) is 5.91 Å². The highest BCUT2D eigenvalue weighted by Gasteiger charge is 2.29. The van der Waals surface area contributed by atoms with E-state index in [1.807, 2.05) is 49.9 Å². The molecular formula is C26H36ClN5O2S. The van der Waals surface area contributed by atoms with E-state index in [0.717, 1.165) is 6.42 Å². The van der Waals surface area contributed by atoms with Crippen molar-refractivity contribution in [3.05, 3.63) is 46.6 Å². The maximum absolute atomic E-state index is 13.2. The van der Waals surface area contributed by atoms with Crippen LogP contribution in [-0.2, 0) is 10.2 Å². The van der Waals surface area contributed by atoms with Crippen LogP contribution in [0.2, 0.25) is 5.15 Å². The highest BCUT2D eigenvalue weighted by molar-refractivity contribution is 7.99. The van der Waals surface area contributed by atoms with E-state index in [2.05, 4.69) is 41.0 Å². The maximum Gasteiger partial charge on any atom is 0.254 e. The van der Waals surface area contributed by atoms with Crippen LogP contribution in [0.3, 0.4) is 0 Å². The zero-order chi connectivity index (χ0) is 25.8. The molecule has 0 saturated carbocycles. The number of benzene rings is 1. The normalized spacial score (nSPS) is 17.3. The smallest absolute Gasteiger partial charge is 0.254 e. The molecule has 1 aromatic carbocycles. The summed E-state index contributed by atoms with van der Waals surface area (Å²) in [6, 6.07) is 9.81. The Bertz CT molecular complexity index is 1040. The number of nitrogens with zero attached hydrogens (tertiary/aromatic N) is 4. The molecule has 9 heteroatoms. The van der Waals surface area contributed by atoms with Crippen molar-refractivity contribution in [1.82, 2.24) is 20.2 Å². The molecular weight excluding hydrogens is 482 g/mol. The van der Waals surface area contributed by atoms with Gasteiger partial charge in [-0.1, -0.05) is 63.2 Å². The predicted molar refractivity (Wildman–Crippen MR) is 144 cm³/mol. The lowest BCUT2D eigenvalue weighted by Gasteiger charge is -2.40. The molecule has 0 spiro atoms. The van der Waals surface area contributed by atoms with Crippen molar-refractivity contribution in [2.75, 3.05) is 30.3 Å². The van der Waals surface area contributed by atoms with Gasteiger partial charge >= 0.3 is 0 Å². The minimum absolute atomic E-state index is 0.00435. The van der Waals surface area contributed by atoms with Crippen LogP contribution < -0.4 is 10.2 Å². The fraction of sp³-hybridized carbons (Fsp3) is 0.538. The Morgan fingerprint density at radius 3 is 2.49 bits per heavy atom. The van der Waals surface area contributed by atoms with Gasteiger partial charge in [0.1, 0.15) is 11.0 Å². The van der Waals surface area contributed by atoms with Crippen molar-refractivity contribution in [2.24, 2.45) is 0 Å². The van der Waals surface area contributed by atoms with Gasteiger partial charge in [0.05, 0.1) is 5.75 Å². The lowest BCUT2D eigenvalue weighted by molar-refractivity contribution is -0.119. The van der Waals surface area contributed by atoms with Crippen molar-refractivity contribution < 1.29 is 9.59 Å². The first-order valence-corrected chi connectivity index (χ1v) is 13.5. The second-order valence-electron chi connectivity index (χ2n) is 10.1. The van der Waals surface area contributed by atoms with Gasteiger partial charge in [-0.3, -0.25) is 9.59 Å². The molecule has 2 unspecified atom stereocenters. The second-order valence-corrected chi connectivity index (χ2v) is 11.4. The summed E-state index contributed by atoms with van der Waals surface area (Å²) in [6.45, 7) is 14.4. The number of anilines is 1. The quantitative estimate of drug-likeness (QED) is 0.323. The number of carbonyl (C=O) groups excluding carboxylic acids is 2. The lowest BCUT2D eigenvalue weighted by atomic mass is 9.86. The Morgan fingerprint density at radius 2 is 1.89 bits per heavy atom. The summed E-state index contributed by atoms with van der Waals surface area (Å²) in [5.74, 6) is 0.938. The number of carbonyl (C=O) groups is 2. The molecule has 2 aromatic rings. The second kappa shape index (κ2) is 11.6. The average Bonchev–Trinajstić information content (AvgIpc) is 2.81.